The number of rotatable bonds is 5. The zero-order valence-electron chi connectivity index (χ0n) is 13.8. The van der Waals surface area contributed by atoms with E-state index in [9.17, 15) is 4.79 Å². The van der Waals surface area contributed by atoms with Gasteiger partial charge in [0.15, 0.2) is 0 Å². The standard InChI is InChI=1S/C19H19N3O2/c1-14-6-5-7-16(10-14)12-22(13-17-8-3-4-9-20-17)19(23)18-11-15(2)21-24-18/h3-11H,12-13H2,1-2H3. The summed E-state index contributed by atoms with van der Waals surface area (Å²) in [5.74, 6) is 0.0545. The third-order valence-corrected chi connectivity index (χ3v) is 3.66. The number of carbonyl (C=O) groups excluding carboxylic acids is 1. The molecule has 5 nitrogen and oxygen atoms in total. The molecule has 24 heavy (non-hydrogen) atoms. The number of carbonyl (C=O) groups is 1. The van der Waals surface area contributed by atoms with Gasteiger partial charge in [-0.1, -0.05) is 41.1 Å². The van der Waals surface area contributed by atoms with Crippen molar-refractivity contribution in [3.05, 3.63) is 83.0 Å². The van der Waals surface area contributed by atoms with Gasteiger partial charge < -0.3 is 9.42 Å². The minimum atomic E-state index is -0.192. The second kappa shape index (κ2) is 7.08. The minimum Gasteiger partial charge on any atom is -0.351 e. The Morgan fingerprint density at radius 2 is 1.96 bits per heavy atom. The summed E-state index contributed by atoms with van der Waals surface area (Å²) in [4.78, 5) is 18.9. The van der Waals surface area contributed by atoms with Gasteiger partial charge in [-0.2, -0.15) is 0 Å². The van der Waals surface area contributed by atoms with Crippen LogP contribution in [0.1, 0.15) is 33.1 Å². The van der Waals surface area contributed by atoms with E-state index in [0.29, 0.717) is 18.8 Å². The fraction of sp³-hybridized carbons (Fsp3) is 0.211. The first kappa shape index (κ1) is 15.9. The smallest absolute Gasteiger partial charge is 0.293 e. The van der Waals surface area contributed by atoms with Crippen molar-refractivity contribution >= 4 is 5.91 Å². The summed E-state index contributed by atoms with van der Waals surface area (Å²) in [5, 5.41) is 3.81. The van der Waals surface area contributed by atoms with Crippen LogP contribution in [0, 0.1) is 13.8 Å². The van der Waals surface area contributed by atoms with E-state index in [0.717, 1.165) is 16.8 Å². The lowest BCUT2D eigenvalue weighted by Gasteiger charge is -2.21. The molecule has 0 aliphatic carbocycles. The molecule has 3 aromatic rings. The van der Waals surface area contributed by atoms with E-state index in [2.05, 4.69) is 16.2 Å². The molecule has 0 saturated heterocycles. The molecular weight excluding hydrogens is 302 g/mol. The number of pyridine rings is 1. The van der Waals surface area contributed by atoms with Crippen molar-refractivity contribution in [2.45, 2.75) is 26.9 Å². The molecule has 2 aromatic heterocycles. The maximum atomic E-state index is 12.8. The van der Waals surface area contributed by atoms with Crippen molar-refractivity contribution in [3.63, 3.8) is 0 Å². The Morgan fingerprint density at radius 3 is 2.62 bits per heavy atom. The van der Waals surface area contributed by atoms with Gasteiger partial charge in [-0.05, 0) is 31.5 Å². The zero-order valence-corrected chi connectivity index (χ0v) is 13.8. The molecule has 2 heterocycles. The van der Waals surface area contributed by atoms with Crippen LogP contribution in [0.2, 0.25) is 0 Å². The molecule has 0 saturated carbocycles. The Hall–Kier alpha value is -2.95. The van der Waals surface area contributed by atoms with Gasteiger partial charge in [-0.3, -0.25) is 9.78 Å². The Kier molecular flexibility index (Phi) is 4.70. The minimum absolute atomic E-state index is 0.192. The van der Waals surface area contributed by atoms with Crippen LogP contribution >= 0.6 is 0 Å². The molecule has 1 amide bonds. The van der Waals surface area contributed by atoms with E-state index in [-0.39, 0.29) is 11.7 Å². The molecule has 0 fully saturated rings. The highest BCUT2D eigenvalue weighted by Crippen LogP contribution is 2.15. The van der Waals surface area contributed by atoms with Crippen molar-refractivity contribution in [2.24, 2.45) is 0 Å². The molecule has 5 heteroatoms. The van der Waals surface area contributed by atoms with E-state index < -0.39 is 0 Å². The summed E-state index contributed by atoms with van der Waals surface area (Å²) >= 11 is 0. The van der Waals surface area contributed by atoms with Crippen molar-refractivity contribution in [1.29, 1.82) is 0 Å². The van der Waals surface area contributed by atoms with Crippen molar-refractivity contribution in [3.8, 4) is 0 Å². The van der Waals surface area contributed by atoms with Crippen molar-refractivity contribution in [1.82, 2.24) is 15.0 Å². The predicted octanol–water partition coefficient (Wildman–Crippen LogP) is 3.53. The number of nitrogens with zero attached hydrogens (tertiary/aromatic N) is 3. The van der Waals surface area contributed by atoms with Crippen LogP contribution in [0.3, 0.4) is 0 Å². The van der Waals surface area contributed by atoms with Gasteiger partial charge in [0.05, 0.1) is 17.9 Å². The van der Waals surface area contributed by atoms with Crippen molar-refractivity contribution in [2.75, 3.05) is 0 Å². The van der Waals surface area contributed by atoms with E-state index in [1.807, 2.05) is 43.3 Å². The molecule has 122 valence electrons. The molecule has 0 spiro atoms. The number of hydrogen-bond acceptors (Lipinski definition) is 4. The molecule has 0 radical (unpaired) electrons. The van der Waals surface area contributed by atoms with Crippen LogP contribution in [0.4, 0.5) is 0 Å². The summed E-state index contributed by atoms with van der Waals surface area (Å²) in [7, 11) is 0. The number of aromatic nitrogens is 2. The van der Waals surface area contributed by atoms with Gasteiger partial charge in [-0.25, -0.2) is 0 Å². The maximum absolute atomic E-state index is 12.8. The second-order valence-electron chi connectivity index (χ2n) is 5.80. The second-order valence-corrected chi connectivity index (χ2v) is 5.80. The Morgan fingerprint density at radius 1 is 1.08 bits per heavy atom. The van der Waals surface area contributed by atoms with Crippen LogP contribution < -0.4 is 0 Å². The molecule has 0 atom stereocenters. The SMILES string of the molecule is Cc1cccc(CN(Cc2ccccn2)C(=O)c2cc(C)no2)c1. The third kappa shape index (κ3) is 3.87. The lowest BCUT2D eigenvalue weighted by atomic mass is 10.1. The lowest BCUT2D eigenvalue weighted by Crippen LogP contribution is -2.30. The van der Waals surface area contributed by atoms with Crippen LogP contribution in [-0.2, 0) is 13.1 Å². The zero-order chi connectivity index (χ0) is 16.9. The Balaban J connectivity index is 1.86. The molecule has 0 bridgehead atoms. The summed E-state index contributed by atoms with van der Waals surface area (Å²) in [6.07, 6.45) is 1.73. The number of benzene rings is 1. The largest absolute Gasteiger partial charge is 0.351 e. The summed E-state index contributed by atoms with van der Waals surface area (Å²) < 4.78 is 5.14. The molecule has 3 rings (SSSR count). The summed E-state index contributed by atoms with van der Waals surface area (Å²) in [6, 6.07) is 15.4. The maximum Gasteiger partial charge on any atom is 0.293 e. The highest BCUT2D eigenvalue weighted by Gasteiger charge is 2.21. The van der Waals surface area contributed by atoms with Gasteiger partial charge in [0.2, 0.25) is 5.76 Å². The highest BCUT2D eigenvalue weighted by atomic mass is 16.5. The van der Waals surface area contributed by atoms with Gasteiger partial charge in [-0.15, -0.1) is 0 Å². The molecule has 0 aliphatic rings. The molecule has 1 aromatic carbocycles. The molecule has 0 aliphatic heterocycles. The van der Waals surface area contributed by atoms with Crippen LogP contribution in [0.15, 0.2) is 59.3 Å². The lowest BCUT2D eigenvalue weighted by molar-refractivity contribution is 0.0685. The molecule has 0 unspecified atom stereocenters. The third-order valence-electron chi connectivity index (χ3n) is 3.66. The summed E-state index contributed by atoms with van der Waals surface area (Å²) in [5.41, 5.74) is 3.74. The summed E-state index contributed by atoms with van der Waals surface area (Å²) in [6.45, 7) is 4.72. The van der Waals surface area contributed by atoms with Crippen LogP contribution in [0.25, 0.3) is 0 Å². The predicted molar refractivity (Wildman–Crippen MR) is 90.2 cm³/mol. The fourth-order valence-corrected chi connectivity index (χ4v) is 2.54. The molecule has 0 N–H and O–H groups in total. The first-order chi connectivity index (χ1) is 11.6. The first-order valence-corrected chi connectivity index (χ1v) is 7.80. The monoisotopic (exact) mass is 321 g/mol. The Bertz CT molecular complexity index is 827. The van der Waals surface area contributed by atoms with E-state index in [4.69, 9.17) is 4.52 Å². The van der Waals surface area contributed by atoms with Gasteiger partial charge in [0.25, 0.3) is 5.91 Å². The van der Waals surface area contributed by atoms with E-state index >= 15 is 0 Å². The number of hydrogen-bond donors (Lipinski definition) is 0. The Labute approximate surface area is 140 Å². The van der Waals surface area contributed by atoms with Gasteiger partial charge >= 0.3 is 0 Å². The van der Waals surface area contributed by atoms with E-state index in [1.54, 1.807) is 24.1 Å². The molecular formula is C19H19N3O2. The average molecular weight is 321 g/mol. The normalized spacial score (nSPS) is 10.6. The number of aryl methyl sites for hydroxylation is 2. The van der Waals surface area contributed by atoms with Gasteiger partial charge in [0.1, 0.15) is 0 Å². The average Bonchev–Trinajstić information content (AvgIpc) is 3.01. The quantitative estimate of drug-likeness (QED) is 0.721. The fourth-order valence-electron chi connectivity index (χ4n) is 2.54. The highest BCUT2D eigenvalue weighted by molar-refractivity contribution is 5.91. The van der Waals surface area contributed by atoms with E-state index in [1.165, 1.54) is 0 Å². The first-order valence-electron chi connectivity index (χ1n) is 7.80. The van der Waals surface area contributed by atoms with Crippen LogP contribution in [-0.4, -0.2) is 20.9 Å². The van der Waals surface area contributed by atoms with Gasteiger partial charge in [0, 0.05) is 18.8 Å². The van der Waals surface area contributed by atoms with Crippen LogP contribution in [0.5, 0.6) is 0 Å². The number of amides is 1. The van der Waals surface area contributed by atoms with Crippen molar-refractivity contribution < 1.29 is 9.32 Å². The topological polar surface area (TPSA) is 59.2 Å².